The number of hydrogen-bond donors (Lipinski definition) is 1. The summed E-state index contributed by atoms with van der Waals surface area (Å²) in [6.45, 7) is 1.72. The molecule has 0 unspecified atom stereocenters. The fraction of sp³-hybridized carbons (Fsp3) is 0.0690. The van der Waals surface area contributed by atoms with Crippen LogP contribution in [0.3, 0.4) is 0 Å². The summed E-state index contributed by atoms with van der Waals surface area (Å²) < 4.78 is 7.78. The van der Waals surface area contributed by atoms with Crippen molar-refractivity contribution in [2.24, 2.45) is 0 Å². The molecule has 206 valence electrons. The van der Waals surface area contributed by atoms with Crippen LogP contribution in [0.2, 0.25) is 10.0 Å². The lowest BCUT2D eigenvalue weighted by molar-refractivity contribution is -0.384. The number of hydrogen-bond acceptors (Lipinski definition) is 7. The van der Waals surface area contributed by atoms with Crippen molar-refractivity contribution in [2.75, 3.05) is 5.32 Å². The summed E-state index contributed by atoms with van der Waals surface area (Å²) in [5.41, 5.74) is 1.65. The average Bonchev–Trinajstić information content (AvgIpc) is 3.38. The number of thioether (sulfide) groups is 1. The second-order valence-electron chi connectivity index (χ2n) is 8.73. The Labute approximate surface area is 249 Å². The fourth-order valence-electron chi connectivity index (χ4n) is 3.82. The second-order valence-corrected chi connectivity index (χ2v) is 10.9. The number of nitrogens with one attached hydrogen (secondary N) is 1. The molecule has 5 rings (SSSR count). The van der Waals surface area contributed by atoms with Gasteiger partial charge in [-0.1, -0.05) is 53.2 Å². The number of carbonyl (C=O) groups is 1. The van der Waals surface area contributed by atoms with Gasteiger partial charge in [0, 0.05) is 28.4 Å². The topological polar surface area (TPSA) is 112 Å². The maximum Gasteiger partial charge on any atom is 0.271 e. The van der Waals surface area contributed by atoms with Crippen molar-refractivity contribution in [1.29, 1.82) is 0 Å². The molecule has 0 aliphatic heterocycles. The number of nitro groups is 1. The van der Waals surface area contributed by atoms with Gasteiger partial charge < -0.3 is 10.1 Å². The number of anilines is 1. The number of rotatable bonds is 9. The molecule has 9 nitrogen and oxygen atoms in total. The highest BCUT2D eigenvalue weighted by Gasteiger charge is 2.23. The highest BCUT2D eigenvalue weighted by Crippen LogP contribution is 2.33. The van der Waals surface area contributed by atoms with E-state index in [1.165, 1.54) is 30.0 Å². The molecule has 1 aromatic heterocycles. The SMILES string of the molecule is C[C@@H](Sc1nnc(-c2ccc(Cl)cc2)n1-c1ccc(Oc2ccccc2)cc1)C(=O)Nc1ccc([N+](=O)[O-])cc1Cl. The van der Waals surface area contributed by atoms with Gasteiger partial charge in [-0.15, -0.1) is 10.2 Å². The van der Waals surface area contributed by atoms with Crippen LogP contribution in [0.1, 0.15) is 6.92 Å². The maximum absolute atomic E-state index is 13.1. The van der Waals surface area contributed by atoms with Crippen LogP contribution in [0.4, 0.5) is 11.4 Å². The van der Waals surface area contributed by atoms with Gasteiger partial charge in [0.15, 0.2) is 11.0 Å². The molecule has 0 saturated heterocycles. The lowest BCUT2D eigenvalue weighted by Crippen LogP contribution is -2.23. The van der Waals surface area contributed by atoms with Gasteiger partial charge in [0.05, 0.1) is 20.9 Å². The monoisotopic (exact) mass is 605 g/mol. The Morgan fingerprint density at radius 2 is 1.63 bits per heavy atom. The summed E-state index contributed by atoms with van der Waals surface area (Å²) >= 11 is 13.5. The second kappa shape index (κ2) is 12.4. The Morgan fingerprint density at radius 3 is 2.29 bits per heavy atom. The van der Waals surface area contributed by atoms with Gasteiger partial charge in [-0.25, -0.2) is 0 Å². The molecule has 5 aromatic rings. The van der Waals surface area contributed by atoms with Crippen molar-refractivity contribution in [3.8, 4) is 28.6 Å². The quantitative estimate of drug-likeness (QED) is 0.103. The molecule has 0 aliphatic carbocycles. The fourth-order valence-corrected chi connectivity index (χ4v) is 5.03. The normalized spacial score (nSPS) is 11.6. The Balaban J connectivity index is 1.42. The minimum Gasteiger partial charge on any atom is -0.457 e. The zero-order valence-electron chi connectivity index (χ0n) is 21.4. The molecule has 1 amide bonds. The summed E-state index contributed by atoms with van der Waals surface area (Å²) in [4.78, 5) is 23.5. The van der Waals surface area contributed by atoms with Crippen LogP contribution in [0.25, 0.3) is 17.1 Å². The molecule has 1 N–H and O–H groups in total. The first kappa shape index (κ1) is 28.2. The lowest BCUT2D eigenvalue weighted by atomic mass is 10.2. The molecule has 0 radical (unpaired) electrons. The van der Waals surface area contributed by atoms with Crippen LogP contribution in [-0.4, -0.2) is 30.8 Å². The number of nitro benzene ring substituents is 1. The number of para-hydroxylation sites is 1. The van der Waals surface area contributed by atoms with Crippen LogP contribution < -0.4 is 10.1 Å². The van der Waals surface area contributed by atoms with Gasteiger partial charge in [-0.05, 0) is 73.7 Å². The van der Waals surface area contributed by atoms with E-state index >= 15 is 0 Å². The number of benzene rings is 4. The Bertz CT molecular complexity index is 1700. The molecule has 0 spiro atoms. The van der Waals surface area contributed by atoms with Crippen molar-refractivity contribution in [3.05, 3.63) is 117 Å². The first-order valence-electron chi connectivity index (χ1n) is 12.2. The van der Waals surface area contributed by atoms with E-state index in [2.05, 4.69) is 15.5 Å². The predicted octanol–water partition coefficient (Wildman–Crippen LogP) is 8.06. The standard InChI is InChI=1S/C29H21Cl2N5O4S/c1-18(28(37)32-26-16-13-22(36(38)39)17-25(26)31)41-29-34-33-27(19-7-9-20(30)10-8-19)35(29)21-11-14-24(15-12-21)40-23-5-3-2-4-6-23/h2-18H,1H3,(H,32,37)/t18-/m1/s1. The molecule has 1 atom stereocenters. The van der Waals surface area contributed by atoms with E-state index in [4.69, 9.17) is 27.9 Å². The summed E-state index contributed by atoms with van der Waals surface area (Å²) in [6, 6.07) is 28.0. The van der Waals surface area contributed by atoms with Crippen molar-refractivity contribution in [3.63, 3.8) is 0 Å². The number of non-ortho nitro benzene ring substituents is 1. The maximum atomic E-state index is 13.1. The molecule has 1 heterocycles. The largest absolute Gasteiger partial charge is 0.457 e. The summed E-state index contributed by atoms with van der Waals surface area (Å²) in [7, 11) is 0. The summed E-state index contributed by atoms with van der Waals surface area (Å²) in [5, 5.41) is 23.0. The van der Waals surface area contributed by atoms with Crippen molar-refractivity contribution < 1.29 is 14.5 Å². The molecule has 4 aromatic carbocycles. The van der Waals surface area contributed by atoms with E-state index in [9.17, 15) is 14.9 Å². The smallest absolute Gasteiger partial charge is 0.271 e. The van der Waals surface area contributed by atoms with Gasteiger partial charge in [0.2, 0.25) is 5.91 Å². The Morgan fingerprint density at radius 1 is 0.951 bits per heavy atom. The summed E-state index contributed by atoms with van der Waals surface area (Å²) in [6.07, 6.45) is 0. The number of carbonyl (C=O) groups excluding carboxylic acids is 1. The number of aromatic nitrogens is 3. The highest BCUT2D eigenvalue weighted by molar-refractivity contribution is 8.00. The molecule has 0 saturated carbocycles. The molecule has 0 aliphatic rings. The number of halogens is 2. The molecule has 0 bridgehead atoms. The van der Waals surface area contributed by atoms with Gasteiger partial charge in [0.1, 0.15) is 11.5 Å². The first-order chi connectivity index (χ1) is 19.8. The first-order valence-corrected chi connectivity index (χ1v) is 13.9. The van der Waals surface area contributed by atoms with Gasteiger partial charge in [-0.2, -0.15) is 0 Å². The van der Waals surface area contributed by atoms with Crippen LogP contribution >= 0.6 is 35.0 Å². The third kappa shape index (κ3) is 6.68. The molecular weight excluding hydrogens is 585 g/mol. The van der Waals surface area contributed by atoms with Crippen molar-refractivity contribution >= 4 is 52.2 Å². The van der Waals surface area contributed by atoms with Gasteiger partial charge >= 0.3 is 0 Å². The predicted molar refractivity (Wildman–Crippen MR) is 160 cm³/mol. The van der Waals surface area contributed by atoms with E-state index in [1.54, 1.807) is 19.1 Å². The van der Waals surface area contributed by atoms with Gasteiger partial charge in [0.25, 0.3) is 5.69 Å². The van der Waals surface area contributed by atoms with Gasteiger partial charge in [-0.3, -0.25) is 19.5 Å². The van der Waals surface area contributed by atoms with Crippen LogP contribution in [0.5, 0.6) is 11.5 Å². The third-order valence-corrected chi connectivity index (χ3v) is 7.49. The van der Waals surface area contributed by atoms with Crippen LogP contribution in [-0.2, 0) is 4.79 Å². The van der Waals surface area contributed by atoms with E-state index in [0.717, 1.165) is 17.0 Å². The third-order valence-electron chi connectivity index (χ3n) is 5.88. The minimum atomic E-state index is -0.622. The zero-order valence-corrected chi connectivity index (χ0v) is 23.7. The Kier molecular flexibility index (Phi) is 8.53. The number of nitrogens with zero attached hydrogens (tertiary/aromatic N) is 4. The molecular formula is C29H21Cl2N5O4S. The minimum absolute atomic E-state index is 0.0655. The zero-order chi connectivity index (χ0) is 28.9. The van der Waals surface area contributed by atoms with Crippen LogP contribution in [0, 0.1) is 10.1 Å². The molecule has 41 heavy (non-hydrogen) atoms. The van der Waals surface area contributed by atoms with E-state index < -0.39 is 10.2 Å². The highest BCUT2D eigenvalue weighted by atomic mass is 35.5. The number of ether oxygens (including phenoxy) is 1. The Hall–Kier alpha value is -4.38. The number of amides is 1. The summed E-state index contributed by atoms with van der Waals surface area (Å²) in [5.74, 6) is 1.57. The lowest BCUT2D eigenvalue weighted by Gasteiger charge is -2.15. The van der Waals surface area contributed by atoms with Crippen molar-refractivity contribution in [1.82, 2.24) is 14.8 Å². The van der Waals surface area contributed by atoms with E-state index in [0.29, 0.717) is 21.8 Å². The molecule has 0 fully saturated rings. The van der Waals surface area contributed by atoms with Crippen LogP contribution in [0.15, 0.2) is 102 Å². The van der Waals surface area contributed by atoms with Crippen molar-refractivity contribution in [2.45, 2.75) is 17.3 Å². The molecule has 12 heteroatoms. The van der Waals surface area contributed by atoms with E-state index in [-0.39, 0.29) is 22.3 Å². The average molecular weight is 606 g/mol. The van der Waals surface area contributed by atoms with E-state index in [1.807, 2.05) is 71.3 Å².